The maximum Gasteiger partial charge on any atom is 0.334 e. The van der Waals surface area contributed by atoms with E-state index in [1.165, 1.54) is 11.8 Å². The molecular weight excluding hydrogens is 216 g/mol. The highest BCUT2D eigenvalue weighted by Crippen LogP contribution is 2.05. The van der Waals surface area contributed by atoms with E-state index in [1.54, 1.807) is 0 Å². The molecule has 2 N–H and O–H groups in total. The zero-order valence-corrected chi connectivity index (χ0v) is 8.93. The molecule has 1 aliphatic rings. The van der Waals surface area contributed by atoms with Crippen LogP contribution in [0.3, 0.4) is 0 Å². The Labute approximate surface area is 92.4 Å². The molecule has 1 fully saturated rings. The summed E-state index contributed by atoms with van der Waals surface area (Å²) in [5.74, 6) is -1.68. The average Bonchev–Trinajstić information content (AvgIpc) is 2.26. The van der Waals surface area contributed by atoms with Crippen LogP contribution in [0.5, 0.6) is 0 Å². The molecule has 90 valence electrons. The Morgan fingerprint density at radius 3 is 2.75 bits per heavy atom. The monoisotopic (exact) mass is 230 g/mol. The fourth-order valence-electron chi connectivity index (χ4n) is 1.34. The maximum absolute atomic E-state index is 11.5. The van der Waals surface area contributed by atoms with E-state index < -0.39 is 12.1 Å². The number of carbonyl (C=O) groups excluding carboxylic acids is 2. The summed E-state index contributed by atoms with van der Waals surface area (Å²) in [5, 5.41) is 11.1. The summed E-state index contributed by atoms with van der Waals surface area (Å²) in [4.78, 5) is 34.2. The molecule has 1 heterocycles. The number of amides is 2. The number of morpholine rings is 1. The van der Waals surface area contributed by atoms with Gasteiger partial charge in [-0.2, -0.15) is 0 Å². The number of carboxylic acid groups (broad SMARTS) is 1. The lowest BCUT2D eigenvalue weighted by Gasteiger charge is -2.30. The van der Waals surface area contributed by atoms with Gasteiger partial charge in [0.25, 0.3) is 0 Å². The molecule has 2 amide bonds. The molecule has 1 saturated heterocycles. The Balaban J connectivity index is 2.43. The third-order valence-electron chi connectivity index (χ3n) is 2.18. The number of carboxylic acids is 1. The summed E-state index contributed by atoms with van der Waals surface area (Å²) in [6.07, 6.45) is -0.977. The van der Waals surface area contributed by atoms with Crippen molar-refractivity contribution in [3.05, 3.63) is 0 Å². The first-order valence-electron chi connectivity index (χ1n) is 4.87. The average molecular weight is 230 g/mol. The van der Waals surface area contributed by atoms with E-state index in [-0.39, 0.29) is 31.5 Å². The molecule has 0 aromatic carbocycles. The highest BCUT2D eigenvalue weighted by atomic mass is 16.5. The number of nitrogens with one attached hydrogen (secondary N) is 1. The van der Waals surface area contributed by atoms with Gasteiger partial charge in [-0.15, -0.1) is 0 Å². The molecular formula is C9H14N2O5. The first-order chi connectivity index (χ1) is 7.50. The third kappa shape index (κ3) is 3.50. The standard InChI is InChI=1S/C9H14N2O5/c1-6(12)10-4-8(13)11-2-3-16-7(5-11)9(14)15/h7H,2-5H2,1H3,(H,10,12)(H,14,15). The molecule has 1 aliphatic heterocycles. The van der Waals surface area contributed by atoms with Crippen molar-refractivity contribution in [2.45, 2.75) is 13.0 Å². The molecule has 1 rings (SSSR count). The number of nitrogens with zero attached hydrogens (tertiary/aromatic N) is 1. The fraction of sp³-hybridized carbons (Fsp3) is 0.667. The summed E-state index contributed by atoms with van der Waals surface area (Å²) in [6.45, 7) is 1.77. The lowest BCUT2D eigenvalue weighted by Crippen LogP contribution is -2.51. The Bertz CT molecular complexity index is 304. The molecule has 7 heteroatoms. The Hall–Kier alpha value is -1.63. The van der Waals surface area contributed by atoms with Crippen LogP contribution in [0.2, 0.25) is 0 Å². The second-order valence-electron chi connectivity index (χ2n) is 3.45. The fourth-order valence-corrected chi connectivity index (χ4v) is 1.34. The first kappa shape index (κ1) is 12.4. The number of ether oxygens (including phenoxy) is 1. The van der Waals surface area contributed by atoms with Crippen LogP contribution in [-0.4, -0.2) is 60.1 Å². The van der Waals surface area contributed by atoms with Gasteiger partial charge in [0.1, 0.15) is 0 Å². The van der Waals surface area contributed by atoms with Gasteiger partial charge in [0.05, 0.1) is 19.7 Å². The zero-order chi connectivity index (χ0) is 12.1. The number of aliphatic carboxylic acids is 1. The molecule has 0 aromatic heterocycles. The molecule has 0 radical (unpaired) electrons. The highest BCUT2D eigenvalue weighted by Gasteiger charge is 2.28. The van der Waals surface area contributed by atoms with Crippen molar-refractivity contribution < 1.29 is 24.2 Å². The molecule has 0 bridgehead atoms. The van der Waals surface area contributed by atoms with Crippen LogP contribution < -0.4 is 5.32 Å². The molecule has 0 spiro atoms. The van der Waals surface area contributed by atoms with Crippen LogP contribution in [0.1, 0.15) is 6.92 Å². The van der Waals surface area contributed by atoms with Crippen molar-refractivity contribution in [2.24, 2.45) is 0 Å². The number of hydrogen-bond donors (Lipinski definition) is 2. The summed E-state index contributed by atoms with van der Waals surface area (Å²) in [6, 6.07) is 0. The second kappa shape index (κ2) is 5.45. The summed E-state index contributed by atoms with van der Waals surface area (Å²) >= 11 is 0. The van der Waals surface area contributed by atoms with Crippen LogP contribution in [0, 0.1) is 0 Å². The van der Waals surface area contributed by atoms with E-state index in [9.17, 15) is 14.4 Å². The first-order valence-corrected chi connectivity index (χ1v) is 4.87. The molecule has 1 atom stereocenters. The van der Waals surface area contributed by atoms with Crippen LogP contribution in [0.15, 0.2) is 0 Å². The second-order valence-corrected chi connectivity index (χ2v) is 3.45. The van der Waals surface area contributed by atoms with Gasteiger partial charge in [0.2, 0.25) is 11.8 Å². The zero-order valence-electron chi connectivity index (χ0n) is 8.93. The molecule has 0 aliphatic carbocycles. The van der Waals surface area contributed by atoms with Crippen LogP contribution in [0.4, 0.5) is 0 Å². The summed E-state index contributed by atoms with van der Waals surface area (Å²) in [5.41, 5.74) is 0. The lowest BCUT2D eigenvalue weighted by atomic mass is 10.2. The Morgan fingerprint density at radius 1 is 1.50 bits per heavy atom. The van der Waals surface area contributed by atoms with Crippen LogP contribution >= 0.6 is 0 Å². The van der Waals surface area contributed by atoms with E-state index in [2.05, 4.69) is 5.32 Å². The Kier molecular flexibility index (Phi) is 4.24. The van der Waals surface area contributed by atoms with Gasteiger partial charge < -0.3 is 20.1 Å². The lowest BCUT2D eigenvalue weighted by molar-refractivity contribution is -0.159. The normalized spacial score (nSPS) is 20.3. The van der Waals surface area contributed by atoms with Gasteiger partial charge in [-0.25, -0.2) is 4.79 Å². The molecule has 16 heavy (non-hydrogen) atoms. The van der Waals surface area contributed by atoms with Gasteiger partial charge in [-0.3, -0.25) is 9.59 Å². The van der Waals surface area contributed by atoms with Crippen molar-refractivity contribution in [1.29, 1.82) is 0 Å². The van der Waals surface area contributed by atoms with Crippen molar-refractivity contribution in [1.82, 2.24) is 10.2 Å². The van der Waals surface area contributed by atoms with E-state index in [4.69, 9.17) is 9.84 Å². The van der Waals surface area contributed by atoms with Crippen molar-refractivity contribution in [3.63, 3.8) is 0 Å². The third-order valence-corrected chi connectivity index (χ3v) is 2.18. The molecule has 0 aromatic rings. The summed E-state index contributed by atoms with van der Waals surface area (Å²) in [7, 11) is 0. The van der Waals surface area contributed by atoms with Crippen LogP contribution in [-0.2, 0) is 19.1 Å². The summed E-state index contributed by atoms with van der Waals surface area (Å²) < 4.78 is 4.96. The minimum Gasteiger partial charge on any atom is -0.479 e. The van der Waals surface area contributed by atoms with Gasteiger partial charge >= 0.3 is 5.97 Å². The quantitative estimate of drug-likeness (QED) is 0.611. The largest absolute Gasteiger partial charge is 0.479 e. The van der Waals surface area contributed by atoms with Crippen molar-refractivity contribution in [3.8, 4) is 0 Å². The van der Waals surface area contributed by atoms with Crippen LogP contribution in [0.25, 0.3) is 0 Å². The number of hydrogen-bond acceptors (Lipinski definition) is 4. The highest BCUT2D eigenvalue weighted by molar-refractivity contribution is 5.84. The molecule has 1 unspecified atom stereocenters. The van der Waals surface area contributed by atoms with Gasteiger partial charge in [-0.1, -0.05) is 0 Å². The smallest absolute Gasteiger partial charge is 0.334 e. The van der Waals surface area contributed by atoms with Crippen molar-refractivity contribution >= 4 is 17.8 Å². The number of carbonyl (C=O) groups is 3. The Morgan fingerprint density at radius 2 is 2.19 bits per heavy atom. The van der Waals surface area contributed by atoms with Gasteiger partial charge in [0.15, 0.2) is 6.10 Å². The molecule has 0 saturated carbocycles. The minimum absolute atomic E-state index is 0.0216. The predicted molar refractivity (Wildman–Crippen MR) is 52.6 cm³/mol. The maximum atomic E-state index is 11.5. The topological polar surface area (TPSA) is 95.9 Å². The van der Waals surface area contributed by atoms with E-state index in [0.717, 1.165) is 0 Å². The van der Waals surface area contributed by atoms with E-state index in [1.807, 2.05) is 0 Å². The predicted octanol–water partition coefficient (Wildman–Crippen LogP) is -1.57. The SMILES string of the molecule is CC(=O)NCC(=O)N1CCOC(C(=O)O)C1. The minimum atomic E-state index is -1.09. The van der Waals surface area contributed by atoms with E-state index >= 15 is 0 Å². The molecule has 7 nitrogen and oxygen atoms in total. The number of rotatable bonds is 3. The van der Waals surface area contributed by atoms with Crippen molar-refractivity contribution in [2.75, 3.05) is 26.2 Å². The van der Waals surface area contributed by atoms with E-state index in [0.29, 0.717) is 6.54 Å². The van der Waals surface area contributed by atoms with Gasteiger partial charge in [-0.05, 0) is 0 Å². The van der Waals surface area contributed by atoms with Gasteiger partial charge in [0, 0.05) is 13.5 Å².